The van der Waals surface area contributed by atoms with Gasteiger partial charge in [-0.25, -0.2) is 4.98 Å². The maximum absolute atomic E-state index is 12.7. The minimum atomic E-state index is -0.451. The number of halogens is 1. The first-order valence-electron chi connectivity index (χ1n) is 5.52. The van der Waals surface area contributed by atoms with Crippen LogP contribution in [0.4, 0.5) is 4.39 Å². The lowest BCUT2D eigenvalue weighted by Gasteiger charge is -2.10. The normalized spacial score (nSPS) is 14.8. The molecule has 4 heteroatoms. The molecule has 1 aliphatic carbocycles. The Labute approximate surface area is 92.7 Å². The summed E-state index contributed by atoms with van der Waals surface area (Å²) in [5.41, 5.74) is 4.33. The molecule has 0 bridgehead atoms. The van der Waals surface area contributed by atoms with Gasteiger partial charge in [-0.1, -0.05) is 0 Å². The van der Waals surface area contributed by atoms with Crippen LogP contribution in [0.1, 0.15) is 24.1 Å². The third-order valence-corrected chi connectivity index (χ3v) is 3.06. The van der Waals surface area contributed by atoms with Crippen molar-refractivity contribution in [2.45, 2.75) is 25.7 Å². The van der Waals surface area contributed by atoms with Crippen molar-refractivity contribution < 1.29 is 4.39 Å². The molecule has 2 heterocycles. The highest BCUT2D eigenvalue weighted by atomic mass is 19.1. The minimum absolute atomic E-state index is 0.451. The fraction of sp³-hybridized carbons (Fsp3) is 0.333. The van der Waals surface area contributed by atoms with Crippen LogP contribution in [0.3, 0.4) is 0 Å². The molecule has 0 spiro atoms. The summed E-state index contributed by atoms with van der Waals surface area (Å²) in [5.74, 6) is -0.451. The first-order chi connectivity index (χ1) is 7.84. The van der Waals surface area contributed by atoms with Gasteiger partial charge in [0.1, 0.15) is 0 Å². The van der Waals surface area contributed by atoms with Crippen molar-refractivity contribution in [3.05, 3.63) is 35.5 Å². The summed E-state index contributed by atoms with van der Waals surface area (Å²) < 4.78 is 12.7. The van der Waals surface area contributed by atoms with Gasteiger partial charge in [0.15, 0.2) is 0 Å². The van der Waals surface area contributed by atoms with Crippen molar-refractivity contribution in [1.29, 1.82) is 0 Å². The van der Waals surface area contributed by atoms with Crippen LogP contribution in [0.25, 0.3) is 11.3 Å². The molecule has 0 unspecified atom stereocenters. The van der Waals surface area contributed by atoms with Crippen LogP contribution in [0.2, 0.25) is 0 Å². The Morgan fingerprint density at radius 2 is 2.06 bits per heavy atom. The lowest BCUT2D eigenvalue weighted by Crippen LogP contribution is -2.01. The SMILES string of the molecule is Fc1ccc(-c2n[nH]c3c2CCCC3)cn1. The second kappa shape index (κ2) is 3.70. The minimum Gasteiger partial charge on any atom is -0.282 e. The molecular weight excluding hydrogens is 205 g/mol. The number of hydrogen-bond donors (Lipinski definition) is 1. The van der Waals surface area contributed by atoms with Gasteiger partial charge in [-0.15, -0.1) is 0 Å². The van der Waals surface area contributed by atoms with E-state index in [1.165, 1.54) is 30.2 Å². The Hall–Kier alpha value is -1.71. The Bertz CT molecular complexity index is 501. The second-order valence-corrected chi connectivity index (χ2v) is 4.11. The summed E-state index contributed by atoms with van der Waals surface area (Å²) in [4.78, 5) is 3.66. The molecule has 0 atom stereocenters. The van der Waals surface area contributed by atoms with Gasteiger partial charge < -0.3 is 0 Å². The van der Waals surface area contributed by atoms with E-state index in [0.717, 1.165) is 24.1 Å². The summed E-state index contributed by atoms with van der Waals surface area (Å²) in [6.07, 6.45) is 6.08. The van der Waals surface area contributed by atoms with Crippen LogP contribution in [0.15, 0.2) is 18.3 Å². The molecule has 1 N–H and O–H groups in total. The molecular formula is C12H12FN3. The van der Waals surface area contributed by atoms with E-state index in [1.807, 2.05) is 0 Å². The smallest absolute Gasteiger partial charge is 0.212 e. The summed E-state index contributed by atoms with van der Waals surface area (Å²) in [6, 6.07) is 3.10. The molecule has 2 aromatic heterocycles. The van der Waals surface area contributed by atoms with Crippen molar-refractivity contribution in [2.24, 2.45) is 0 Å². The van der Waals surface area contributed by atoms with Crippen LogP contribution in [-0.4, -0.2) is 15.2 Å². The van der Waals surface area contributed by atoms with Gasteiger partial charge in [0, 0.05) is 23.0 Å². The maximum Gasteiger partial charge on any atom is 0.212 e. The highest BCUT2D eigenvalue weighted by Gasteiger charge is 2.17. The Kier molecular flexibility index (Phi) is 2.20. The lowest BCUT2D eigenvalue weighted by atomic mass is 9.94. The number of nitrogens with one attached hydrogen (secondary N) is 1. The van der Waals surface area contributed by atoms with Gasteiger partial charge in [0.2, 0.25) is 5.95 Å². The molecule has 82 valence electrons. The van der Waals surface area contributed by atoms with Gasteiger partial charge in [-0.05, 0) is 37.8 Å². The van der Waals surface area contributed by atoms with Gasteiger partial charge >= 0.3 is 0 Å². The monoisotopic (exact) mass is 217 g/mol. The fourth-order valence-corrected chi connectivity index (χ4v) is 2.24. The zero-order valence-electron chi connectivity index (χ0n) is 8.83. The van der Waals surface area contributed by atoms with Crippen molar-refractivity contribution in [3.8, 4) is 11.3 Å². The molecule has 0 aliphatic heterocycles. The van der Waals surface area contributed by atoms with E-state index in [9.17, 15) is 4.39 Å². The van der Waals surface area contributed by atoms with E-state index in [4.69, 9.17) is 0 Å². The van der Waals surface area contributed by atoms with Gasteiger partial charge in [0.25, 0.3) is 0 Å². The number of fused-ring (bicyclic) bond motifs is 1. The number of hydrogen-bond acceptors (Lipinski definition) is 2. The number of nitrogens with zero attached hydrogens (tertiary/aromatic N) is 2. The molecule has 0 radical (unpaired) electrons. The van der Waals surface area contributed by atoms with Gasteiger partial charge in [-0.3, -0.25) is 5.10 Å². The van der Waals surface area contributed by atoms with E-state index in [2.05, 4.69) is 15.2 Å². The number of aromatic amines is 1. The van der Waals surface area contributed by atoms with E-state index >= 15 is 0 Å². The zero-order valence-corrected chi connectivity index (χ0v) is 8.83. The standard InChI is InChI=1S/C12H12FN3/c13-11-6-5-8(7-14-11)12-9-3-1-2-4-10(9)15-16-12/h5-7H,1-4H2,(H,15,16). The highest BCUT2D eigenvalue weighted by Crippen LogP contribution is 2.28. The van der Waals surface area contributed by atoms with E-state index in [-0.39, 0.29) is 0 Å². The average molecular weight is 217 g/mol. The molecule has 1 aliphatic rings. The van der Waals surface area contributed by atoms with Crippen molar-refractivity contribution in [3.63, 3.8) is 0 Å². The predicted octanol–water partition coefficient (Wildman–Crippen LogP) is 2.49. The number of pyridine rings is 1. The fourth-order valence-electron chi connectivity index (χ4n) is 2.24. The molecule has 0 aromatic carbocycles. The topological polar surface area (TPSA) is 41.6 Å². The second-order valence-electron chi connectivity index (χ2n) is 4.11. The Morgan fingerprint density at radius 3 is 2.88 bits per heavy atom. The van der Waals surface area contributed by atoms with Gasteiger partial charge in [-0.2, -0.15) is 9.49 Å². The van der Waals surface area contributed by atoms with E-state index in [0.29, 0.717) is 0 Å². The predicted molar refractivity (Wildman–Crippen MR) is 58.4 cm³/mol. The van der Waals surface area contributed by atoms with Crippen molar-refractivity contribution in [2.75, 3.05) is 0 Å². The molecule has 0 saturated carbocycles. The van der Waals surface area contributed by atoms with Crippen LogP contribution < -0.4 is 0 Å². The third-order valence-electron chi connectivity index (χ3n) is 3.06. The maximum atomic E-state index is 12.7. The van der Waals surface area contributed by atoms with E-state index < -0.39 is 5.95 Å². The van der Waals surface area contributed by atoms with Crippen LogP contribution in [0, 0.1) is 5.95 Å². The van der Waals surface area contributed by atoms with Crippen molar-refractivity contribution in [1.82, 2.24) is 15.2 Å². The van der Waals surface area contributed by atoms with Crippen LogP contribution in [-0.2, 0) is 12.8 Å². The number of aromatic nitrogens is 3. The summed E-state index contributed by atoms with van der Waals surface area (Å²) in [6.45, 7) is 0. The largest absolute Gasteiger partial charge is 0.282 e. The Morgan fingerprint density at radius 1 is 1.19 bits per heavy atom. The lowest BCUT2D eigenvalue weighted by molar-refractivity contribution is 0.584. The first-order valence-corrected chi connectivity index (χ1v) is 5.52. The molecule has 0 saturated heterocycles. The van der Waals surface area contributed by atoms with Gasteiger partial charge in [0.05, 0.1) is 5.69 Å². The number of rotatable bonds is 1. The average Bonchev–Trinajstić information content (AvgIpc) is 2.74. The molecule has 0 amide bonds. The van der Waals surface area contributed by atoms with Crippen LogP contribution >= 0.6 is 0 Å². The van der Waals surface area contributed by atoms with Crippen molar-refractivity contribution >= 4 is 0 Å². The molecule has 3 nitrogen and oxygen atoms in total. The quantitative estimate of drug-likeness (QED) is 0.745. The highest BCUT2D eigenvalue weighted by molar-refractivity contribution is 5.63. The number of aryl methyl sites for hydroxylation is 1. The summed E-state index contributed by atoms with van der Waals surface area (Å²) in [7, 11) is 0. The summed E-state index contributed by atoms with van der Waals surface area (Å²) >= 11 is 0. The molecule has 3 rings (SSSR count). The number of H-pyrrole nitrogens is 1. The zero-order chi connectivity index (χ0) is 11.0. The summed E-state index contributed by atoms with van der Waals surface area (Å²) in [5, 5.41) is 7.38. The van der Waals surface area contributed by atoms with E-state index in [1.54, 1.807) is 12.3 Å². The van der Waals surface area contributed by atoms with Crippen LogP contribution in [0.5, 0.6) is 0 Å². The first kappa shape index (κ1) is 9.51. The molecule has 2 aromatic rings. The third kappa shape index (κ3) is 1.50. The molecule has 0 fully saturated rings. The molecule has 16 heavy (non-hydrogen) atoms. The Balaban J connectivity index is 2.06.